The van der Waals surface area contributed by atoms with Gasteiger partial charge in [0.05, 0.1) is 6.54 Å². The van der Waals surface area contributed by atoms with Crippen molar-refractivity contribution in [2.24, 2.45) is 0 Å². The van der Waals surface area contributed by atoms with Crippen LogP contribution in [0, 0.1) is 6.92 Å². The molecule has 1 N–H and O–H groups in total. The highest BCUT2D eigenvalue weighted by Gasteiger charge is 2.11. The molecule has 0 saturated heterocycles. The van der Waals surface area contributed by atoms with E-state index in [1.165, 1.54) is 0 Å². The van der Waals surface area contributed by atoms with Crippen molar-refractivity contribution in [3.63, 3.8) is 0 Å². The molecule has 0 radical (unpaired) electrons. The molecule has 2 aromatic carbocycles. The van der Waals surface area contributed by atoms with Gasteiger partial charge in [-0.1, -0.05) is 36.4 Å². The average molecular weight is 295 g/mol. The lowest BCUT2D eigenvalue weighted by Crippen LogP contribution is -2.15. The van der Waals surface area contributed by atoms with Gasteiger partial charge in [0.25, 0.3) is 0 Å². The fraction of sp³-hybridized carbons (Fsp3) is 0.167. The second kappa shape index (κ2) is 5.93. The summed E-state index contributed by atoms with van der Waals surface area (Å²) >= 11 is 0. The summed E-state index contributed by atoms with van der Waals surface area (Å²) in [5.41, 5.74) is 1.21. The van der Waals surface area contributed by atoms with Crippen molar-refractivity contribution in [2.75, 3.05) is 6.61 Å². The van der Waals surface area contributed by atoms with Gasteiger partial charge in [-0.2, -0.15) is 0 Å². The molecule has 0 aliphatic rings. The maximum Gasteiger partial charge on any atom is 0.352 e. The Labute approximate surface area is 128 Å². The molecule has 4 nitrogen and oxygen atoms in total. The predicted molar refractivity (Wildman–Crippen MR) is 85.6 cm³/mol. The zero-order chi connectivity index (χ0) is 15.5. The quantitative estimate of drug-likeness (QED) is 0.780. The van der Waals surface area contributed by atoms with Crippen LogP contribution >= 0.6 is 0 Å². The largest absolute Gasteiger partial charge is 0.491 e. The van der Waals surface area contributed by atoms with Crippen molar-refractivity contribution in [3.8, 4) is 5.75 Å². The third-order valence-electron chi connectivity index (χ3n) is 3.74. The second-order valence-corrected chi connectivity index (χ2v) is 5.14. The molecule has 0 fully saturated rings. The van der Waals surface area contributed by atoms with E-state index in [1.807, 2.05) is 49.4 Å². The van der Waals surface area contributed by atoms with Crippen LogP contribution in [0.5, 0.6) is 5.75 Å². The number of carboxylic acids is 1. The van der Waals surface area contributed by atoms with Gasteiger partial charge in [-0.3, -0.25) is 0 Å². The van der Waals surface area contributed by atoms with Crippen LogP contribution in [0.1, 0.15) is 16.2 Å². The Bertz CT molecular complexity index is 815. The lowest BCUT2D eigenvalue weighted by Gasteiger charge is -2.12. The molecular formula is C18H17NO3. The lowest BCUT2D eigenvalue weighted by atomic mass is 10.1. The van der Waals surface area contributed by atoms with Gasteiger partial charge in [-0.15, -0.1) is 0 Å². The van der Waals surface area contributed by atoms with E-state index in [2.05, 4.69) is 0 Å². The van der Waals surface area contributed by atoms with Crippen molar-refractivity contribution in [3.05, 3.63) is 66.0 Å². The van der Waals surface area contributed by atoms with Crippen LogP contribution in [0.2, 0.25) is 0 Å². The minimum atomic E-state index is -0.918. The van der Waals surface area contributed by atoms with Crippen LogP contribution in [0.15, 0.2) is 54.6 Å². The van der Waals surface area contributed by atoms with E-state index in [0.717, 1.165) is 22.2 Å². The summed E-state index contributed by atoms with van der Waals surface area (Å²) in [6, 6.07) is 17.4. The van der Waals surface area contributed by atoms with Crippen LogP contribution < -0.4 is 4.74 Å². The summed E-state index contributed by atoms with van der Waals surface area (Å²) in [7, 11) is 0. The molecule has 1 heterocycles. The number of hydrogen-bond donors (Lipinski definition) is 1. The highest BCUT2D eigenvalue weighted by atomic mass is 16.5. The molecule has 0 saturated carbocycles. The molecule has 0 amide bonds. The van der Waals surface area contributed by atoms with Gasteiger partial charge >= 0.3 is 5.97 Å². The van der Waals surface area contributed by atoms with Gasteiger partial charge in [0.2, 0.25) is 0 Å². The SMILES string of the molecule is Cc1ccc(C(=O)O)n1CCOc1cccc2ccccc12. The van der Waals surface area contributed by atoms with E-state index in [-0.39, 0.29) is 0 Å². The van der Waals surface area contributed by atoms with E-state index >= 15 is 0 Å². The zero-order valence-electron chi connectivity index (χ0n) is 12.3. The highest BCUT2D eigenvalue weighted by molar-refractivity contribution is 5.88. The third kappa shape index (κ3) is 2.68. The van der Waals surface area contributed by atoms with Crippen LogP contribution in [0.4, 0.5) is 0 Å². The normalized spacial score (nSPS) is 10.8. The number of aryl methyl sites for hydroxylation is 1. The molecule has 0 aliphatic carbocycles. The Hall–Kier alpha value is -2.75. The number of hydrogen-bond acceptors (Lipinski definition) is 2. The van der Waals surface area contributed by atoms with Crippen LogP contribution in [-0.4, -0.2) is 22.2 Å². The van der Waals surface area contributed by atoms with Gasteiger partial charge in [0, 0.05) is 11.1 Å². The van der Waals surface area contributed by atoms with Crippen LogP contribution in [0.25, 0.3) is 10.8 Å². The molecule has 3 aromatic rings. The molecule has 0 atom stereocenters. The van der Waals surface area contributed by atoms with Gasteiger partial charge in [0.15, 0.2) is 0 Å². The second-order valence-electron chi connectivity index (χ2n) is 5.14. The first-order valence-corrected chi connectivity index (χ1v) is 7.17. The monoisotopic (exact) mass is 295 g/mol. The number of ether oxygens (including phenoxy) is 1. The number of fused-ring (bicyclic) bond motifs is 1. The summed E-state index contributed by atoms with van der Waals surface area (Å²) in [6.45, 7) is 2.82. The summed E-state index contributed by atoms with van der Waals surface area (Å²) in [6.07, 6.45) is 0. The van der Waals surface area contributed by atoms with Crippen molar-refractivity contribution in [2.45, 2.75) is 13.5 Å². The fourth-order valence-electron chi connectivity index (χ4n) is 2.62. The molecule has 3 rings (SSSR count). The number of aromatic nitrogens is 1. The first-order valence-electron chi connectivity index (χ1n) is 7.17. The molecule has 0 bridgehead atoms. The Morgan fingerprint density at radius 2 is 1.86 bits per heavy atom. The Kier molecular flexibility index (Phi) is 3.83. The first kappa shape index (κ1) is 14.2. The van der Waals surface area contributed by atoms with E-state index in [1.54, 1.807) is 16.7 Å². The van der Waals surface area contributed by atoms with Crippen molar-refractivity contribution in [1.82, 2.24) is 4.57 Å². The summed E-state index contributed by atoms with van der Waals surface area (Å²) in [5.74, 6) is -0.0990. The van der Waals surface area contributed by atoms with E-state index in [9.17, 15) is 9.90 Å². The van der Waals surface area contributed by atoms with Gasteiger partial charge in [0.1, 0.15) is 18.1 Å². The smallest absolute Gasteiger partial charge is 0.352 e. The minimum absolute atomic E-state index is 0.291. The Balaban J connectivity index is 1.76. The van der Waals surface area contributed by atoms with Crippen molar-refractivity contribution in [1.29, 1.82) is 0 Å². The number of rotatable bonds is 5. The number of aromatic carboxylic acids is 1. The van der Waals surface area contributed by atoms with Crippen LogP contribution in [0.3, 0.4) is 0 Å². The molecule has 0 unspecified atom stereocenters. The van der Waals surface area contributed by atoms with Gasteiger partial charge in [-0.25, -0.2) is 4.79 Å². The molecule has 0 spiro atoms. The third-order valence-corrected chi connectivity index (χ3v) is 3.74. The predicted octanol–water partition coefficient (Wildman–Crippen LogP) is 3.73. The summed E-state index contributed by atoms with van der Waals surface area (Å²) in [5, 5.41) is 11.4. The number of nitrogens with zero attached hydrogens (tertiary/aromatic N) is 1. The molecule has 1 aromatic heterocycles. The lowest BCUT2D eigenvalue weighted by molar-refractivity contribution is 0.0683. The maximum absolute atomic E-state index is 11.2. The molecule has 22 heavy (non-hydrogen) atoms. The Morgan fingerprint density at radius 3 is 2.68 bits per heavy atom. The maximum atomic E-state index is 11.2. The molecule has 112 valence electrons. The molecule has 4 heteroatoms. The Morgan fingerprint density at radius 1 is 1.09 bits per heavy atom. The average Bonchev–Trinajstić information content (AvgIpc) is 2.89. The topological polar surface area (TPSA) is 51.5 Å². The van der Waals surface area contributed by atoms with E-state index in [4.69, 9.17) is 4.74 Å². The minimum Gasteiger partial charge on any atom is -0.491 e. The van der Waals surface area contributed by atoms with E-state index in [0.29, 0.717) is 18.8 Å². The van der Waals surface area contributed by atoms with Gasteiger partial charge in [-0.05, 0) is 30.5 Å². The number of carbonyl (C=O) groups is 1. The highest BCUT2D eigenvalue weighted by Crippen LogP contribution is 2.25. The van der Waals surface area contributed by atoms with Crippen molar-refractivity contribution >= 4 is 16.7 Å². The van der Waals surface area contributed by atoms with Crippen molar-refractivity contribution < 1.29 is 14.6 Å². The standard InChI is InChI=1S/C18H17NO3/c1-13-9-10-16(18(20)21)19(13)11-12-22-17-8-4-6-14-5-2-3-7-15(14)17/h2-10H,11-12H2,1H3,(H,20,21). The first-order chi connectivity index (χ1) is 10.7. The van der Waals surface area contributed by atoms with Gasteiger partial charge < -0.3 is 14.4 Å². The molecular weight excluding hydrogens is 278 g/mol. The fourth-order valence-corrected chi connectivity index (χ4v) is 2.62. The number of carboxylic acid groups (broad SMARTS) is 1. The zero-order valence-corrected chi connectivity index (χ0v) is 12.3. The van der Waals surface area contributed by atoms with Crippen LogP contribution in [-0.2, 0) is 6.54 Å². The summed E-state index contributed by atoms with van der Waals surface area (Å²) in [4.78, 5) is 11.2. The summed E-state index contributed by atoms with van der Waals surface area (Å²) < 4.78 is 7.63. The van der Waals surface area contributed by atoms with E-state index < -0.39 is 5.97 Å². The number of benzene rings is 2. The molecule has 0 aliphatic heterocycles.